The van der Waals surface area contributed by atoms with Gasteiger partial charge in [-0.1, -0.05) is 42.5 Å². The minimum atomic E-state index is 0.906. The Balaban J connectivity index is 2.31. The van der Waals surface area contributed by atoms with Gasteiger partial charge in [-0.3, -0.25) is 0 Å². The molecule has 0 saturated carbocycles. The first-order valence-corrected chi connectivity index (χ1v) is 4.88. The Morgan fingerprint density at radius 1 is 0.933 bits per heavy atom. The van der Waals surface area contributed by atoms with Gasteiger partial charge in [0.25, 0.3) is 0 Å². The van der Waals surface area contributed by atoms with E-state index in [-0.39, 0.29) is 0 Å². The van der Waals surface area contributed by atoms with Gasteiger partial charge in [0, 0.05) is 10.9 Å². The minimum Gasteiger partial charge on any atom is -0.464 e. The highest BCUT2D eigenvalue weighted by Crippen LogP contribution is 2.28. The monoisotopic (exact) mass is 193 g/mol. The molecule has 0 aliphatic carbocycles. The van der Waals surface area contributed by atoms with Gasteiger partial charge in [0.2, 0.25) is 0 Å². The standard InChI is InChI=1S/C14H9O/c1-2-5-11(6-3-1)13-8-4-7-12-9-10-15-14(12)13/h1-7,9-10H. The summed E-state index contributed by atoms with van der Waals surface area (Å²) in [6.45, 7) is 0. The second-order valence-electron chi connectivity index (χ2n) is 3.42. The van der Waals surface area contributed by atoms with Crippen LogP contribution in [-0.2, 0) is 0 Å². The van der Waals surface area contributed by atoms with Crippen LogP contribution in [0, 0.1) is 6.07 Å². The summed E-state index contributed by atoms with van der Waals surface area (Å²) in [5, 5.41) is 1.12. The van der Waals surface area contributed by atoms with E-state index in [1.165, 1.54) is 0 Å². The molecule has 0 atom stereocenters. The number of hydrogen-bond donors (Lipinski definition) is 0. The average Bonchev–Trinajstić information content (AvgIpc) is 2.78. The maximum absolute atomic E-state index is 5.47. The summed E-state index contributed by atoms with van der Waals surface area (Å²) in [7, 11) is 0. The Labute approximate surface area is 88.0 Å². The van der Waals surface area contributed by atoms with Crippen molar-refractivity contribution in [2.75, 3.05) is 0 Å². The van der Waals surface area contributed by atoms with Gasteiger partial charge in [-0.05, 0) is 17.7 Å². The fourth-order valence-corrected chi connectivity index (χ4v) is 1.75. The molecule has 3 aromatic rings. The molecular weight excluding hydrogens is 184 g/mol. The van der Waals surface area contributed by atoms with Crippen molar-refractivity contribution in [2.45, 2.75) is 0 Å². The lowest BCUT2D eigenvalue weighted by molar-refractivity contribution is 0.617. The van der Waals surface area contributed by atoms with Crippen LogP contribution in [0.1, 0.15) is 0 Å². The Kier molecular flexibility index (Phi) is 1.82. The van der Waals surface area contributed by atoms with Crippen LogP contribution in [0.3, 0.4) is 0 Å². The number of furan rings is 1. The van der Waals surface area contributed by atoms with Gasteiger partial charge < -0.3 is 4.42 Å². The number of fused-ring (bicyclic) bond motifs is 1. The summed E-state index contributed by atoms with van der Waals surface area (Å²) in [4.78, 5) is 0. The van der Waals surface area contributed by atoms with Crippen LogP contribution >= 0.6 is 0 Å². The molecule has 1 radical (unpaired) electrons. The molecule has 0 amide bonds. The zero-order chi connectivity index (χ0) is 10.1. The van der Waals surface area contributed by atoms with E-state index >= 15 is 0 Å². The molecule has 0 N–H and O–H groups in total. The molecule has 0 spiro atoms. The fourth-order valence-electron chi connectivity index (χ4n) is 1.75. The summed E-state index contributed by atoms with van der Waals surface area (Å²) < 4.78 is 5.47. The molecule has 1 heterocycles. The molecule has 1 aromatic heterocycles. The van der Waals surface area contributed by atoms with Crippen molar-refractivity contribution in [3.63, 3.8) is 0 Å². The Morgan fingerprint density at radius 3 is 2.67 bits per heavy atom. The third-order valence-corrected chi connectivity index (χ3v) is 2.48. The predicted molar refractivity (Wildman–Crippen MR) is 60.5 cm³/mol. The van der Waals surface area contributed by atoms with Crippen molar-refractivity contribution in [2.24, 2.45) is 0 Å². The van der Waals surface area contributed by atoms with Crippen molar-refractivity contribution in [3.05, 3.63) is 60.9 Å². The molecule has 0 aliphatic heterocycles. The molecule has 0 bridgehead atoms. The van der Waals surface area contributed by atoms with E-state index in [0.29, 0.717) is 0 Å². The molecule has 0 saturated heterocycles. The van der Waals surface area contributed by atoms with Gasteiger partial charge >= 0.3 is 0 Å². The van der Waals surface area contributed by atoms with Gasteiger partial charge in [0.05, 0.1) is 6.26 Å². The van der Waals surface area contributed by atoms with Crippen molar-refractivity contribution in [3.8, 4) is 11.1 Å². The molecule has 0 unspecified atom stereocenters. The van der Waals surface area contributed by atoms with Gasteiger partial charge in [-0.25, -0.2) is 0 Å². The van der Waals surface area contributed by atoms with E-state index in [0.717, 1.165) is 22.1 Å². The highest BCUT2D eigenvalue weighted by Gasteiger charge is 2.05. The molecular formula is C14H9O. The first kappa shape index (κ1) is 8.30. The highest BCUT2D eigenvalue weighted by atomic mass is 16.3. The van der Waals surface area contributed by atoms with Crippen LogP contribution in [0.2, 0.25) is 0 Å². The molecule has 2 aromatic carbocycles. The molecule has 0 aliphatic rings. The number of hydrogen-bond acceptors (Lipinski definition) is 1. The average molecular weight is 193 g/mol. The van der Waals surface area contributed by atoms with Gasteiger partial charge in [-0.2, -0.15) is 0 Å². The topological polar surface area (TPSA) is 13.1 Å². The van der Waals surface area contributed by atoms with Crippen LogP contribution in [-0.4, -0.2) is 0 Å². The Morgan fingerprint density at radius 2 is 1.80 bits per heavy atom. The van der Waals surface area contributed by atoms with E-state index in [1.54, 1.807) is 6.26 Å². The number of rotatable bonds is 1. The zero-order valence-electron chi connectivity index (χ0n) is 8.10. The lowest BCUT2D eigenvalue weighted by atomic mass is 10.0. The van der Waals surface area contributed by atoms with Crippen LogP contribution in [0.15, 0.2) is 59.2 Å². The Bertz CT molecular complexity index is 578. The molecule has 1 nitrogen and oxygen atoms in total. The summed E-state index contributed by atoms with van der Waals surface area (Å²) in [6.07, 6.45) is 1.71. The second kappa shape index (κ2) is 3.28. The Hall–Kier alpha value is -2.02. The maximum Gasteiger partial charge on any atom is 0.142 e. The minimum absolute atomic E-state index is 0.906. The van der Waals surface area contributed by atoms with Crippen molar-refractivity contribution >= 4 is 11.0 Å². The summed E-state index contributed by atoms with van der Waals surface area (Å²) >= 11 is 0. The second-order valence-corrected chi connectivity index (χ2v) is 3.42. The van der Waals surface area contributed by atoms with Crippen LogP contribution in [0.5, 0.6) is 0 Å². The van der Waals surface area contributed by atoms with Gasteiger partial charge in [0.1, 0.15) is 5.58 Å². The van der Waals surface area contributed by atoms with Crippen molar-refractivity contribution in [1.82, 2.24) is 0 Å². The zero-order valence-corrected chi connectivity index (χ0v) is 8.10. The maximum atomic E-state index is 5.47. The highest BCUT2D eigenvalue weighted by molar-refractivity contribution is 5.91. The van der Waals surface area contributed by atoms with Gasteiger partial charge in [-0.15, -0.1) is 0 Å². The lowest BCUT2D eigenvalue weighted by Crippen LogP contribution is -1.77. The van der Waals surface area contributed by atoms with Crippen LogP contribution in [0.4, 0.5) is 0 Å². The van der Waals surface area contributed by atoms with E-state index in [1.807, 2.05) is 36.4 Å². The van der Waals surface area contributed by atoms with E-state index < -0.39 is 0 Å². The van der Waals surface area contributed by atoms with E-state index in [4.69, 9.17) is 4.42 Å². The quantitative estimate of drug-likeness (QED) is 0.571. The molecule has 1 heteroatoms. The van der Waals surface area contributed by atoms with Crippen LogP contribution < -0.4 is 0 Å². The largest absolute Gasteiger partial charge is 0.464 e. The first-order chi connectivity index (χ1) is 7.45. The van der Waals surface area contributed by atoms with Crippen molar-refractivity contribution < 1.29 is 4.42 Å². The summed E-state index contributed by atoms with van der Waals surface area (Å²) in [5.74, 6) is 0. The number of benzene rings is 2. The summed E-state index contributed by atoms with van der Waals surface area (Å²) in [6, 6.07) is 19.3. The third-order valence-electron chi connectivity index (χ3n) is 2.48. The molecule has 0 fully saturated rings. The lowest BCUT2D eigenvalue weighted by Gasteiger charge is -2.00. The third kappa shape index (κ3) is 1.33. The molecule has 15 heavy (non-hydrogen) atoms. The molecule has 71 valence electrons. The fraction of sp³-hybridized carbons (Fsp3) is 0. The SMILES string of the molecule is [c]1ccc2ccoc2c1-c1ccccc1. The predicted octanol–water partition coefficient (Wildman–Crippen LogP) is 3.90. The van der Waals surface area contributed by atoms with Crippen molar-refractivity contribution in [1.29, 1.82) is 0 Å². The van der Waals surface area contributed by atoms with E-state index in [9.17, 15) is 0 Å². The van der Waals surface area contributed by atoms with Crippen LogP contribution in [0.25, 0.3) is 22.1 Å². The smallest absolute Gasteiger partial charge is 0.142 e. The van der Waals surface area contributed by atoms with Gasteiger partial charge in [0.15, 0.2) is 0 Å². The normalized spacial score (nSPS) is 10.7. The summed E-state index contributed by atoms with van der Waals surface area (Å²) in [5.41, 5.74) is 3.07. The molecule has 3 rings (SSSR count). The van der Waals surface area contributed by atoms with E-state index in [2.05, 4.69) is 18.2 Å². The first-order valence-electron chi connectivity index (χ1n) is 4.88.